The van der Waals surface area contributed by atoms with Crippen molar-refractivity contribution in [2.45, 2.75) is 25.8 Å². The Morgan fingerprint density at radius 2 is 1.92 bits per heavy atom. The molecule has 2 aromatic carbocycles. The zero-order valence-electron chi connectivity index (χ0n) is 13.7. The van der Waals surface area contributed by atoms with Gasteiger partial charge in [0.25, 0.3) is 5.91 Å². The van der Waals surface area contributed by atoms with E-state index in [0.717, 1.165) is 13.0 Å². The van der Waals surface area contributed by atoms with Crippen LogP contribution in [-0.4, -0.2) is 29.0 Å². The molecule has 0 unspecified atom stereocenters. The van der Waals surface area contributed by atoms with Crippen molar-refractivity contribution in [2.75, 3.05) is 13.2 Å². The van der Waals surface area contributed by atoms with Crippen LogP contribution < -0.4 is 0 Å². The number of para-hydroxylation sites is 1. The summed E-state index contributed by atoms with van der Waals surface area (Å²) < 4.78 is 11.9. The van der Waals surface area contributed by atoms with Gasteiger partial charge in [-0.15, -0.1) is 0 Å². The highest BCUT2D eigenvalue weighted by molar-refractivity contribution is 6.08. The molecule has 5 rings (SSSR count). The summed E-state index contributed by atoms with van der Waals surface area (Å²) in [6.45, 7) is 4.23. The first kappa shape index (κ1) is 14.1. The van der Waals surface area contributed by atoms with Crippen molar-refractivity contribution in [1.29, 1.82) is 0 Å². The van der Waals surface area contributed by atoms with Crippen LogP contribution >= 0.6 is 0 Å². The zero-order chi connectivity index (χ0) is 16.1. The molecule has 1 fully saturated rings. The maximum atomic E-state index is 5.93. The van der Waals surface area contributed by atoms with E-state index in [4.69, 9.17) is 9.47 Å². The van der Waals surface area contributed by atoms with Crippen LogP contribution in [0.15, 0.2) is 42.6 Å². The number of aromatic nitrogens is 1. The van der Waals surface area contributed by atoms with Crippen LogP contribution in [0.25, 0.3) is 27.9 Å². The minimum Gasteiger partial charge on any atom is -0.354 e. The summed E-state index contributed by atoms with van der Waals surface area (Å²) in [6, 6.07) is 13.0. The Balaban J connectivity index is 1.61. The van der Waals surface area contributed by atoms with Crippen molar-refractivity contribution in [1.82, 2.24) is 9.88 Å². The SMILES string of the molecule is CCC1(N2C=Cc3cc4[nH]c5ccccc5c4cc3C2)OCCO1. The minimum atomic E-state index is -0.608. The van der Waals surface area contributed by atoms with Gasteiger partial charge < -0.3 is 19.4 Å². The maximum absolute atomic E-state index is 5.93. The number of benzene rings is 2. The van der Waals surface area contributed by atoms with E-state index >= 15 is 0 Å². The molecule has 0 aliphatic carbocycles. The monoisotopic (exact) mass is 320 g/mol. The lowest BCUT2D eigenvalue weighted by molar-refractivity contribution is -0.247. The Labute approximate surface area is 140 Å². The Bertz CT molecular complexity index is 951. The average Bonchev–Trinajstić information content (AvgIpc) is 3.24. The Morgan fingerprint density at radius 3 is 2.75 bits per heavy atom. The van der Waals surface area contributed by atoms with E-state index < -0.39 is 5.91 Å². The molecular formula is C20H20N2O2. The van der Waals surface area contributed by atoms with Gasteiger partial charge in [-0.1, -0.05) is 25.1 Å². The molecule has 24 heavy (non-hydrogen) atoms. The third-order valence-corrected chi connectivity index (χ3v) is 5.16. The van der Waals surface area contributed by atoms with Gasteiger partial charge in [0.1, 0.15) is 0 Å². The topological polar surface area (TPSA) is 37.5 Å². The van der Waals surface area contributed by atoms with Gasteiger partial charge in [-0.05, 0) is 35.4 Å². The van der Waals surface area contributed by atoms with Crippen LogP contribution in [-0.2, 0) is 16.0 Å². The molecule has 0 saturated carbocycles. The third kappa shape index (κ3) is 1.93. The molecule has 0 radical (unpaired) electrons. The lowest BCUT2D eigenvalue weighted by Crippen LogP contribution is -2.46. The first-order chi connectivity index (χ1) is 11.8. The van der Waals surface area contributed by atoms with Crippen molar-refractivity contribution in [3.63, 3.8) is 0 Å². The van der Waals surface area contributed by atoms with Gasteiger partial charge in [-0.3, -0.25) is 0 Å². The molecule has 3 heterocycles. The van der Waals surface area contributed by atoms with E-state index in [1.54, 1.807) is 0 Å². The summed E-state index contributed by atoms with van der Waals surface area (Å²) in [5.74, 6) is -0.608. The van der Waals surface area contributed by atoms with Gasteiger partial charge >= 0.3 is 0 Å². The fourth-order valence-corrected chi connectivity index (χ4v) is 3.91. The lowest BCUT2D eigenvalue weighted by atomic mass is 10.00. The van der Waals surface area contributed by atoms with Crippen molar-refractivity contribution in [2.24, 2.45) is 0 Å². The van der Waals surface area contributed by atoms with E-state index in [2.05, 4.69) is 65.5 Å². The molecule has 4 nitrogen and oxygen atoms in total. The van der Waals surface area contributed by atoms with Crippen LogP contribution in [0.2, 0.25) is 0 Å². The minimum absolute atomic E-state index is 0.608. The van der Waals surface area contributed by atoms with Crippen LogP contribution in [0.1, 0.15) is 24.5 Å². The summed E-state index contributed by atoms with van der Waals surface area (Å²) in [7, 11) is 0. The highest BCUT2D eigenvalue weighted by Crippen LogP contribution is 2.35. The van der Waals surface area contributed by atoms with Crippen molar-refractivity contribution < 1.29 is 9.47 Å². The molecule has 1 saturated heterocycles. The van der Waals surface area contributed by atoms with Crippen molar-refractivity contribution >= 4 is 27.9 Å². The predicted octanol–water partition coefficient (Wildman–Crippen LogP) is 4.22. The molecule has 1 aromatic heterocycles. The molecule has 0 atom stereocenters. The number of nitrogens with zero attached hydrogens (tertiary/aromatic N) is 1. The summed E-state index contributed by atoms with van der Waals surface area (Å²) >= 11 is 0. The molecule has 2 aliphatic heterocycles. The van der Waals surface area contributed by atoms with Gasteiger partial charge in [0.15, 0.2) is 0 Å². The number of hydrogen-bond donors (Lipinski definition) is 1. The van der Waals surface area contributed by atoms with E-state index in [9.17, 15) is 0 Å². The number of nitrogens with one attached hydrogen (secondary N) is 1. The number of ether oxygens (including phenoxy) is 2. The molecule has 1 N–H and O–H groups in total. The number of hydrogen-bond acceptors (Lipinski definition) is 3. The normalized spacial score (nSPS) is 19.3. The highest BCUT2D eigenvalue weighted by atomic mass is 16.8. The average molecular weight is 320 g/mol. The maximum Gasteiger partial charge on any atom is 0.251 e. The Morgan fingerprint density at radius 1 is 1.08 bits per heavy atom. The molecule has 3 aromatic rings. The van der Waals surface area contributed by atoms with Crippen LogP contribution in [0.5, 0.6) is 0 Å². The van der Waals surface area contributed by atoms with Crippen molar-refractivity contribution in [3.05, 3.63) is 53.7 Å². The molecular weight excluding hydrogens is 300 g/mol. The zero-order valence-corrected chi connectivity index (χ0v) is 13.7. The fraction of sp³-hybridized carbons (Fsp3) is 0.300. The summed E-state index contributed by atoms with van der Waals surface area (Å²) in [4.78, 5) is 5.70. The smallest absolute Gasteiger partial charge is 0.251 e. The highest BCUT2D eigenvalue weighted by Gasteiger charge is 2.40. The molecule has 122 valence electrons. The number of aromatic amines is 1. The second-order valence-corrected chi connectivity index (χ2v) is 6.47. The Kier molecular flexibility index (Phi) is 2.99. The number of H-pyrrole nitrogens is 1. The van der Waals surface area contributed by atoms with E-state index in [1.807, 2.05) is 0 Å². The molecule has 0 bridgehead atoms. The fourth-order valence-electron chi connectivity index (χ4n) is 3.91. The quantitative estimate of drug-likeness (QED) is 0.768. The van der Waals surface area contributed by atoms with E-state index in [-0.39, 0.29) is 0 Å². The standard InChI is InChI=1S/C20H20N2O2/c1-2-20(23-9-10-24-20)22-8-7-14-12-19-17(11-15(14)13-22)16-5-3-4-6-18(16)21-19/h3-8,11-12,21H,2,9-10,13H2,1H3. The molecule has 0 spiro atoms. The van der Waals surface area contributed by atoms with Gasteiger partial charge in [0, 0.05) is 41.0 Å². The largest absolute Gasteiger partial charge is 0.354 e. The van der Waals surface area contributed by atoms with E-state index in [1.165, 1.54) is 32.9 Å². The van der Waals surface area contributed by atoms with E-state index in [0.29, 0.717) is 13.2 Å². The van der Waals surface area contributed by atoms with Crippen LogP contribution in [0.3, 0.4) is 0 Å². The molecule has 4 heteroatoms. The van der Waals surface area contributed by atoms with Gasteiger partial charge in [-0.25, -0.2) is 0 Å². The van der Waals surface area contributed by atoms with Gasteiger partial charge in [0.2, 0.25) is 0 Å². The first-order valence-corrected chi connectivity index (χ1v) is 8.55. The molecule has 0 amide bonds. The second-order valence-electron chi connectivity index (χ2n) is 6.47. The Hall–Kier alpha value is -2.30. The summed E-state index contributed by atoms with van der Waals surface area (Å²) in [5, 5.41) is 2.55. The van der Waals surface area contributed by atoms with Crippen molar-refractivity contribution in [3.8, 4) is 0 Å². The first-order valence-electron chi connectivity index (χ1n) is 8.55. The van der Waals surface area contributed by atoms with Crippen LogP contribution in [0.4, 0.5) is 0 Å². The number of fused-ring (bicyclic) bond motifs is 4. The summed E-state index contributed by atoms with van der Waals surface area (Å²) in [6.07, 6.45) is 5.07. The van der Waals surface area contributed by atoms with Crippen LogP contribution in [0, 0.1) is 0 Å². The second kappa shape index (κ2) is 5.10. The predicted molar refractivity (Wildman–Crippen MR) is 95.3 cm³/mol. The molecule has 2 aliphatic rings. The summed E-state index contributed by atoms with van der Waals surface area (Å²) in [5.41, 5.74) is 4.94. The lowest BCUT2D eigenvalue weighted by Gasteiger charge is -2.39. The third-order valence-electron chi connectivity index (χ3n) is 5.16. The van der Waals surface area contributed by atoms with Gasteiger partial charge in [-0.2, -0.15) is 0 Å². The number of rotatable bonds is 2. The van der Waals surface area contributed by atoms with Gasteiger partial charge in [0.05, 0.1) is 13.2 Å².